The van der Waals surface area contributed by atoms with E-state index in [9.17, 15) is 14.4 Å². The summed E-state index contributed by atoms with van der Waals surface area (Å²) in [5, 5.41) is 5.35. The first-order chi connectivity index (χ1) is 17.9. The van der Waals surface area contributed by atoms with Crippen LogP contribution in [0.3, 0.4) is 0 Å². The molecular formula is C27H22N6O4. The molecule has 1 aliphatic rings. The third kappa shape index (κ3) is 3.79. The molecule has 2 amide bonds. The Labute approximate surface area is 210 Å². The minimum atomic E-state index is -0.760. The molecule has 5 aromatic rings. The van der Waals surface area contributed by atoms with Gasteiger partial charge in [0.1, 0.15) is 6.26 Å². The van der Waals surface area contributed by atoms with Crippen LogP contribution in [-0.2, 0) is 11.8 Å². The van der Waals surface area contributed by atoms with Crippen LogP contribution in [0.1, 0.15) is 40.3 Å². The topological polar surface area (TPSA) is 129 Å². The number of anilines is 1. The van der Waals surface area contributed by atoms with Crippen molar-refractivity contribution in [2.75, 3.05) is 4.90 Å². The fourth-order valence-corrected chi connectivity index (χ4v) is 4.99. The summed E-state index contributed by atoms with van der Waals surface area (Å²) in [6.07, 6.45) is 5.05. The second-order valence-electron chi connectivity index (χ2n) is 9.01. The smallest absolute Gasteiger partial charge is 0.304 e. The Morgan fingerprint density at radius 3 is 2.57 bits per heavy atom. The highest BCUT2D eigenvalue weighted by molar-refractivity contribution is 5.99. The molecule has 0 saturated carbocycles. The van der Waals surface area contributed by atoms with Crippen LogP contribution in [0.4, 0.5) is 5.69 Å². The largest absolute Gasteiger partial charge is 0.441 e. The summed E-state index contributed by atoms with van der Waals surface area (Å²) >= 11 is 0. The highest BCUT2D eigenvalue weighted by atomic mass is 16.4. The predicted molar refractivity (Wildman–Crippen MR) is 135 cm³/mol. The average Bonchev–Trinajstić information content (AvgIpc) is 3.63. The zero-order valence-corrected chi connectivity index (χ0v) is 19.8. The van der Waals surface area contributed by atoms with Crippen LogP contribution in [0.15, 0.2) is 88.5 Å². The third-order valence-corrected chi connectivity index (χ3v) is 6.72. The standard InChI is InChI=1S/C27H22N6O4/c1-31-14-19(8-10-23(31)34)33-22-9-7-18(11-17(22)13-29-33)32-24(35)12-20(21-15-37-27(30-21)26(28)36)25(32)16-5-3-2-4-6-16/h2-11,13-15,20,25H,12H2,1H3,(H2,28,36)/t20-,25+/m1/s1. The lowest BCUT2D eigenvalue weighted by molar-refractivity contribution is -0.117. The molecule has 1 saturated heterocycles. The van der Waals surface area contributed by atoms with Crippen LogP contribution < -0.4 is 16.2 Å². The zero-order valence-electron chi connectivity index (χ0n) is 19.8. The Balaban J connectivity index is 1.43. The molecule has 1 fully saturated rings. The summed E-state index contributed by atoms with van der Waals surface area (Å²) in [7, 11) is 1.69. The Bertz CT molecular complexity index is 1720. The number of amides is 2. The van der Waals surface area contributed by atoms with E-state index >= 15 is 0 Å². The van der Waals surface area contributed by atoms with E-state index in [4.69, 9.17) is 10.2 Å². The van der Waals surface area contributed by atoms with E-state index in [-0.39, 0.29) is 35.7 Å². The first kappa shape index (κ1) is 22.5. The van der Waals surface area contributed by atoms with Crippen molar-refractivity contribution in [1.29, 1.82) is 0 Å². The van der Waals surface area contributed by atoms with E-state index in [2.05, 4.69) is 10.1 Å². The number of nitrogens with two attached hydrogens (primary N) is 1. The number of primary amides is 1. The number of benzene rings is 2. The number of nitrogens with zero attached hydrogens (tertiary/aromatic N) is 5. The quantitative estimate of drug-likeness (QED) is 0.400. The summed E-state index contributed by atoms with van der Waals surface area (Å²) in [5.74, 6) is -1.35. The maximum Gasteiger partial charge on any atom is 0.304 e. The number of pyridine rings is 1. The lowest BCUT2D eigenvalue weighted by atomic mass is 9.91. The van der Waals surface area contributed by atoms with Crippen molar-refractivity contribution >= 4 is 28.4 Å². The van der Waals surface area contributed by atoms with Crippen LogP contribution in [0.2, 0.25) is 0 Å². The molecule has 37 heavy (non-hydrogen) atoms. The number of fused-ring (bicyclic) bond motifs is 1. The van der Waals surface area contributed by atoms with Gasteiger partial charge in [0.05, 0.1) is 29.1 Å². The van der Waals surface area contributed by atoms with E-state index in [1.54, 1.807) is 35.1 Å². The normalized spacial score (nSPS) is 17.5. The van der Waals surface area contributed by atoms with Gasteiger partial charge < -0.3 is 19.6 Å². The predicted octanol–water partition coefficient (Wildman–Crippen LogP) is 3.07. The highest BCUT2D eigenvalue weighted by Gasteiger charge is 2.44. The van der Waals surface area contributed by atoms with Crippen molar-refractivity contribution in [3.63, 3.8) is 0 Å². The lowest BCUT2D eigenvalue weighted by Crippen LogP contribution is -2.28. The van der Waals surface area contributed by atoms with Crippen molar-refractivity contribution < 1.29 is 14.0 Å². The molecule has 2 atom stereocenters. The Morgan fingerprint density at radius 2 is 1.84 bits per heavy atom. The fourth-order valence-electron chi connectivity index (χ4n) is 4.99. The zero-order chi connectivity index (χ0) is 25.7. The molecule has 2 N–H and O–H groups in total. The van der Waals surface area contributed by atoms with E-state index in [1.807, 2.05) is 48.5 Å². The minimum absolute atomic E-state index is 0.0766. The summed E-state index contributed by atoms with van der Waals surface area (Å²) in [5.41, 5.74) is 8.97. The number of hydrogen-bond acceptors (Lipinski definition) is 6. The monoisotopic (exact) mass is 494 g/mol. The van der Waals surface area contributed by atoms with E-state index in [1.165, 1.54) is 16.9 Å². The molecule has 0 aliphatic carbocycles. The van der Waals surface area contributed by atoms with Crippen LogP contribution in [0.5, 0.6) is 0 Å². The van der Waals surface area contributed by atoms with Gasteiger partial charge in [-0.15, -0.1) is 0 Å². The van der Waals surface area contributed by atoms with E-state index in [0.29, 0.717) is 11.4 Å². The molecule has 3 aromatic heterocycles. The number of aryl methyl sites for hydroxylation is 1. The molecule has 2 aromatic carbocycles. The molecular weight excluding hydrogens is 472 g/mol. The van der Waals surface area contributed by atoms with Gasteiger partial charge in [0.25, 0.3) is 5.89 Å². The van der Waals surface area contributed by atoms with Gasteiger partial charge in [-0.05, 0) is 29.8 Å². The highest BCUT2D eigenvalue weighted by Crippen LogP contribution is 2.46. The van der Waals surface area contributed by atoms with Crippen molar-refractivity contribution in [3.05, 3.63) is 107 Å². The number of oxazole rings is 1. The number of rotatable bonds is 5. The van der Waals surface area contributed by atoms with Crippen LogP contribution >= 0.6 is 0 Å². The summed E-state index contributed by atoms with van der Waals surface area (Å²) in [6.45, 7) is 0. The van der Waals surface area contributed by atoms with Crippen LogP contribution in [-0.4, -0.2) is 31.1 Å². The van der Waals surface area contributed by atoms with Gasteiger partial charge in [0.15, 0.2) is 0 Å². The number of hydrogen-bond donors (Lipinski definition) is 1. The molecule has 10 heteroatoms. The van der Waals surface area contributed by atoms with Crippen LogP contribution in [0.25, 0.3) is 16.6 Å². The first-order valence-electron chi connectivity index (χ1n) is 11.7. The summed E-state index contributed by atoms with van der Waals surface area (Å²) < 4.78 is 8.52. The SMILES string of the molecule is Cn1cc(-n2ncc3cc(N4C(=O)C[C@H](c5coc(C(N)=O)n5)[C@@H]4c4ccccc4)ccc32)ccc1=O. The van der Waals surface area contributed by atoms with Gasteiger partial charge in [0, 0.05) is 42.7 Å². The Kier molecular flexibility index (Phi) is 5.22. The molecule has 0 spiro atoms. The molecule has 1 aliphatic heterocycles. The number of aromatic nitrogens is 4. The fraction of sp³-hybridized carbons (Fsp3) is 0.148. The number of carbonyl (C=O) groups excluding carboxylic acids is 2. The molecule has 10 nitrogen and oxygen atoms in total. The van der Waals surface area contributed by atoms with Gasteiger partial charge in [-0.2, -0.15) is 5.10 Å². The Hall–Kier alpha value is -4.99. The maximum atomic E-state index is 13.4. The van der Waals surface area contributed by atoms with Gasteiger partial charge in [-0.1, -0.05) is 30.3 Å². The van der Waals surface area contributed by atoms with Crippen molar-refractivity contribution in [2.24, 2.45) is 12.8 Å². The second-order valence-corrected chi connectivity index (χ2v) is 9.01. The van der Waals surface area contributed by atoms with E-state index in [0.717, 1.165) is 22.2 Å². The van der Waals surface area contributed by atoms with Crippen molar-refractivity contribution in [3.8, 4) is 5.69 Å². The van der Waals surface area contributed by atoms with E-state index < -0.39 is 5.91 Å². The Morgan fingerprint density at radius 1 is 1.05 bits per heavy atom. The maximum absolute atomic E-state index is 13.4. The van der Waals surface area contributed by atoms with Gasteiger partial charge in [0.2, 0.25) is 11.5 Å². The molecule has 6 rings (SSSR count). The third-order valence-electron chi connectivity index (χ3n) is 6.72. The van der Waals surface area contributed by atoms with Crippen molar-refractivity contribution in [1.82, 2.24) is 19.3 Å². The molecule has 0 radical (unpaired) electrons. The van der Waals surface area contributed by atoms with Gasteiger partial charge >= 0.3 is 5.91 Å². The van der Waals surface area contributed by atoms with Gasteiger partial charge in [-0.25, -0.2) is 9.67 Å². The lowest BCUT2D eigenvalue weighted by Gasteiger charge is -2.28. The van der Waals surface area contributed by atoms with Crippen LogP contribution in [0, 0.1) is 0 Å². The number of carbonyl (C=O) groups is 2. The summed E-state index contributed by atoms with van der Waals surface area (Å²) in [4.78, 5) is 42.8. The van der Waals surface area contributed by atoms with Crippen molar-refractivity contribution in [2.45, 2.75) is 18.4 Å². The second kappa shape index (κ2) is 8.59. The first-order valence-corrected chi connectivity index (χ1v) is 11.7. The molecule has 4 heterocycles. The summed E-state index contributed by atoms with van der Waals surface area (Å²) in [6, 6.07) is 18.3. The minimum Gasteiger partial charge on any atom is -0.441 e. The molecule has 0 unspecified atom stereocenters. The molecule has 0 bridgehead atoms. The average molecular weight is 495 g/mol. The molecule has 184 valence electrons. The van der Waals surface area contributed by atoms with Gasteiger partial charge in [-0.3, -0.25) is 14.4 Å².